The van der Waals surface area contributed by atoms with Crippen LogP contribution in [0.25, 0.3) is 6.08 Å². The molecule has 0 saturated carbocycles. The van der Waals surface area contributed by atoms with Crippen LogP contribution in [0, 0.1) is 11.3 Å². The normalized spacial score (nSPS) is 10.9. The second-order valence-electron chi connectivity index (χ2n) is 4.39. The maximum atomic E-state index is 12.4. The van der Waals surface area contributed by atoms with Crippen LogP contribution < -0.4 is 4.74 Å². The minimum absolute atomic E-state index is 0.00520. The Balaban J connectivity index is 2.36. The Bertz CT molecular complexity index is 774. The summed E-state index contributed by atoms with van der Waals surface area (Å²) in [6, 6.07) is 13.3. The summed E-state index contributed by atoms with van der Waals surface area (Å²) in [4.78, 5) is 12.4. The number of benzene rings is 2. The Morgan fingerprint density at radius 3 is 2.41 bits per heavy atom. The van der Waals surface area contributed by atoms with Crippen molar-refractivity contribution in [3.8, 4) is 11.8 Å². The topological polar surface area (TPSA) is 50.1 Å². The first kappa shape index (κ1) is 16.1. The molecule has 0 spiro atoms. The highest BCUT2D eigenvalue weighted by atomic mass is 35.5. The van der Waals surface area contributed by atoms with E-state index in [1.165, 1.54) is 6.08 Å². The molecule has 22 heavy (non-hydrogen) atoms. The van der Waals surface area contributed by atoms with Crippen molar-refractivity contribution in [2.24, 2.45) is 0 Å². The Labute approximate surface area is 138 Å². The van der Waals surface area contributed by atoms with Gasteiger partial charge in [-0.1, -0.05) is 29.3 Å². The highest BCUT2D eigenvalue weighted by Gasteiger charge is 2.13. The number of nitrogens with zero attached hydrogens (tertiary/aromatic N) is 1. The molecule has 3 nitrogen and oxygen atoms in total. The number of allylic oxidation sites excluding steroid dienone is 1. The molecule has 2 aromatic rings. The monoisotopic (exact) mass is 331 g/mol. The SMILES string of the molecule is COc1ccc(C(=O)/C(C#N)=C\c2ccc(Cl)cc2Cl)cc1. The van der Waals surface area contributed by atoms with Gasteiger partial charge in [-0.3, -0.25) is 4.79 Å². The predicted molar refractivity (Wildman–Crippen MR) is 87.4 cm³/mol. The van der Waals surface area contributed by atoms with Gasteiger partial charge in [0, 0.05) is 15.6 Å². The van der Waals surface area contributed by atoms with Crippen molar-refractivity contribution < 1.29 is 9.53 Å². The molecule has 0 aliphatic carbocycles. The van der Waals surface area contributed by atoms with Crippen molar-refractivity contribution in [2.45, 2.75) is 0 Å². The number of Topliss-reactive ketones (excluding diaryl/α,β-unsaturated/α-hetero) is 1. The molecule has 0 atom stereocenters. The molecule has 0 fully saturated rings. The van der Waals surface area contributed by atoms with Gasteiger partial charge < -0.3 is 4.74 Å². The molecular formula is C17H11Cl2NO2. The lowest BCUT2D eigenvalue weighted by molar-refractivity contribution is 0.104. The number of nitriles is 1. The van der Waals surface area contributed by atoms with Crippen LogP contribution in [-0.2, 0) is 0 Å². The molecule has 0 heterocycles. The average molecular weight is 332 g/mol. The summed E-state index contributed by atoms with van der Waals surface area (Å²) in [6.45, 7) is 0. The van der Waals surface area contributed by atoms with Gasteiger partial charge in [-0.25, -0.2) is 0 Å². The number of halogens is 2. The van der Waals surface area contributed by atoms with Gasteiger partial charge >= 0.3 is 0 Å². The van der Waals surface area contributed by atoms with E-state index in [0.29, 0.717) is 26.9 Å². The molecular weight excluding hydrogens is 321 g/mol. The van der Waals surface area contributed by atoms with Crippen molar-refractivity contribution in [1.82, 2.24) is 0 Å². The molecule has 0 aliphatic heterocycles. The van der Waals surface area contributed by atoms with Crippen LogP contribution in [0.5, 0.6) is 5.75 Å². The first-order valence-electron chi connectivity index (χ1n) is 6.30. The van der Waals surface area contributed by atoms with Crippen molar-refractivity contribution in [1.29, 1.82) is 5.26 Å². The zero-order valence-electron chi connectivity index (χ0n) is 11.6. The quantitative estimate of drug-likeness (QED) is 0.459. The van der Waals surface area contributed by atoms with Gasteiger partial charge in [0.15, 0.2) is 0 Å². The summed E-state index contributed by atoms with van der Waals surface area (Å²) in [5, 5.41) is 10.1. The van der Waals surface area contributed by atoms with Crippen molar-refractivity contribution in [3.05, 3.63) is 69.2 Å². The van der Waals surface area contributed by atoms with Gasteiger partial charge in [0.1, 0.15) is 17.4 Å². The molecule has 0 amide bonds. The van der Waals surface area contributed by atoms with E-state index in [4.69, 9.17) is 27.9 Å². The lowest BCUT2D eigenvalue weighted by Gasteiger charge is -2.03. The molecule has 2 aromatic carbocycles. The first-order chi connectivity index (χ1) is 10.5. The lowest BCUT2D eigenvalue weighted by Crippen LogP contribution is -2.02. The zero-order chi connectivity index (χ0) is 16.1. The second kappa shape index (κ2) is 7.13. The number of rotatable bonds is 4. The standard InChI is InChI=1S/C17H11Cl2NO2/c1-22-15-6-3-11(4-7-15)17(21)13(10-20)8-12-2-5-14(18)9-16(12)19/h2-9H,1H3/b13-8-. The number of methoxy groups -OCH3 is 1. The molecule has 2 rings (SSSR count). The number of hydrogen-bond donors (Lipinski definition) is 0. The molecule has 0 aliphatic rings. The Kier molecular flexibility index (Phi) is 5.21. The van der Waals surface area contributed by atoms with E-state index in [2.05, 4.69) is 0 Å². The van der Waals surface area contributed by atoms with Crippen molar-refractivity contribution >= 4 is 35.1 Å². The minimum atomic E-state index is -0.379. The second-order valence-corrected chi connectivity index (χ2v) is 5.24. The molecule has 110 valence electrons. The molecule has 0 N–H and O–H groups in total. The number of carbonyl (C=O) groups excluding carboxylic acids is 1. The van der Waals surface area contributed by atoms with E-state index < -0.39 is 0 Å². The van der Waals surface area contributed by atoms with E-state index in [1.807, 2.05) is 6.07 Å². The maximum absolute atomic E-state index is 12.4. The van der Waals surface area contributed by atoms with Crippen LogP contribution in [0.2, 0.25) is 10.0 Å². The van der Waals surface area contributed by atoms with Gasteiger partial charge in [0.05, 0.1) is 7.11 Å². The van der Waals surface area contributed by atoms with Gasteiger partial charge in [-0.15, -0.1) is 0 Å². The summed E-state index contributed by atoms with van der Waals surface area (Å²) < 4.78 is 5.04. The fraction of sp³-hybridized carbons (Fsp3) is 0.0588. The van der Waals surface area contributed by atoms with Crippen LogP contribution in [-0.4, -0.2) is 12.9 Å². The zero-order valence-corrected chi connectivity index (χ0v) is 13.2. The third-order valence-corrected chi connectivity index (χ3v) is 3.54. The summed E-state index contributed by atoms with van der Waals surface area (Å²) in [6.07, 6.45) is 1.45. The summed E-state index contributed by atoms with van der Waals surface area (Å²) in [5.41, 5.74) is 0.956. The summed E-state index contributed by atoms with van der Waals surface area (Å²) in [5.74, 6) is 0.260. The van der Waals surface area contributed by atoms with E-state index in [-0.39, 0.29) is 11.4 Å². The van der Waals surface area contributed by atoms with Gasteiger partial charge in [-0.05, 0) is 48.0 Å². The molecule has 5 heteroatoms. The number of ketones is 1. The highest BCUT2D eigenvalue weighted by Crippen LogP contribution is 2.24. The fourth-order valence-corrected chi connectivity index (χ4v) is 2.28. The molecule has 0 saturated heterocycles. The fourth-order valence-electron chi connectivity index (χ4n) is 1.82. The Morgan fingerprint density at radius 1 is 1.18 bits per heavy atom. The van der Waals surface area contributed by atoms with E-state index in [9.17, 15) is 10.1 Å². The maximum Gasteiger partial charge on any atom is 0.203 e. The van der Waals surface area contributed by atoms with Gasteiger partial charge in [0.25, 0.3) is 0 Å². The van der Waals surface area contributed by atoms with E-state index in [0.717, 1.165) is 0 Å². The van der Waals surface area contributed by atoms with Crippen molar-refractivity contribution in [2.75, 3.05) is 7.11 Å². The third-order valence-electron chi connectivity index (χ3n) is 2.98. The average Bonchev–Trinajstić information content (AvgIpc) is 2.54. The minimum Gasteiger partial charge on any atom is -0.497 e. The van der Waals surface area contributed by atoms with Crippen LogP contribution in [0.15, 0.2) is 48.0 Å². The van der Waals surface area contributed by atoms with Gasteiger partial charge in [0.2, 0.25) is 5.78 Å². The summed E-state index contributed by atoms with van der Waals surface area (Å²) in [7, 11) is 1.54. The van der Waals surface area contributed by atoms with Crippen LogP contribution in [0.3, 0.4) is 0 Å². The van der Waals surface area contributed by atoms with Crippen LogP contribution in [0.1, 0.15) is 15.9 Å². The first-order valence-corrected chi connectivity index (χ1v) is 7.06. The Morgan fingerprint density at radius 2 is 1.86 bits per heavy atom. The number of hydrogen-bond acceptors (Lipinski definition) is 3. The lowest BCUT2D eigenvalue weighted by atomic mass is 10.0. The van der Waals surface area contributed by atoms with Gasteiger partial charge in [-0.2, -0.15) is 5.26 Å². The summed E-state index contributed by atoms with van der Waals surface area (Å²) >= 11 is 11.9. The van der Waals surface area contributed by atoms with E-state index >= 15 is 0 Å². The smallest absolute Gasteiger partial charge is 0.203 e. The van der Waals surface area contributed by atoms with E-state index in [1.54, 1.807) is 49.6 Å². The van der Waals surface area contributed by atoms with Crippen LogP contribution in [0.4, 0.5) is 0 Å². The molecule has 0 radical (unpaired) electrons. The highest BCUT2D eigenvalue weighted by molar-refractivity contribution is 6.35. The molecule has 0 aromatic heterocycles. The van der Waals surface area contributed by atoms with Crippen molar-refractivity contribution in [3.63, 3.8) is 0 Å². The molecule has 0 bridgehead atoms. The number of ether oxygens (including phenoxy) is 1. The largest absolute Gasteiger partial charge is 0.497 e. The third kappa shape index (κ3) is 3.67. The Hall–Kier alpha value is -2.28. The molecule has 0 unspecified atom stereocenters. The number of carbonyl (C=O) groups is 1. The predicted octanol–water partition coefficient (Wildman–Crippen LogP) is 4.79. The van der Waals surface area contributed by atoms with Crippen LogP contribution >= 0.6 is 23.2 Å².